The highest BCUT2D eigenvalue weighted by atomic mass is 16.1. The van der Waals surface area contributed by atoms with Gasteiger partial charge in [-0.15, -0.1) is 0 Å². The minimum atomic E-state index is -0.357. The summed E-state index contributed by atoms with van der Waals surface area (Å²) in [6.07, 6.45) is 8.24. The van der Waals surface area contributed by atoms with E-state index in [-0.39, 0.29) is 18.1 Å². The number of rotatable bonds is 4. The lowest BCUT2D eigenvalue weighted by Gasteiger charge is -2.37. The third kappa shape index (κ3) is 3.55. The zero-order valence-electron chi connectivity index (χ0n) is 14.9. The van der Waals surface area contributed by atoms with Crippen LogP contribution in [0.25, 0.3) is 11.1 Å². The Kier molecular flexibility index (Phi) is 4.61. The molecule has 1 aliphatic heterocycles. The lowest BCUT2D eigenvalue weighted by atomic mass is 10.0. The summed E-state index contributed by atoms with van der Waals surface area (Å²) in [5.74, 6) is -0.138. The van der Waals surface area contributed by atoms with Crippen LogP contribution in [0.1, 0.15) is 30.4 Å². The van der Waals surface area contributed by atoms with Crippen LogP contribution in [0.3, 0.4) is 0 Å². The van der Waals surface area contributed by atoms with Gasteiger partial charge >= 0.3 is 0 Å². The van der Waals surface area contributed by atoms with Gasteiger partial charge in [-0.05, 0) is 41.8 Å². The minimum absolute atomic E-state index is 0.0387. The standard InChI is InChI=1S/C21H19N5O/c1-15(16-6-8-17(9-7-16)18-4-2-11-22-14-18)26-13-10-20(27)24-21(26)19-5-3-12-23-25-19/h2-15,21H,1H3,(H,24,27)/t15-,21?/m0/s1. The molecule has 1 unspecified atom stereocenters. The molecule has 1 amide bonds. The molecule has 1 aliphatic rings. The smallest absolute Gasteiger partial charge is 0.247 e. The third-order valence-electron chi connectivity index (χ3n) is 4.68. The van der Waals surface area contributed by atoms with Crippen molar-refractivity contribution in [2.75, 3.05) is 0 Å². The van der Waals surface area contributed by atoms with Crippen LogP contribution in [-0.2, 0) is 4.79 Å². The lowest BCUT2D eigenvalue weighted by Crippen LogP contribution is -2.43. The second-order valence-electron chi connectivity index (χ2n) is 6.36. The number of pyridine rings is 1. The first-order chi connectivity index (χ1) is 13.2. The number of nitrogens with one attached hydrogen (secondary N) is 1. The zero-order valence-corrected chi connectivity index (χ0v) is 14.9. The monoisotopic (exact) mass is 357 g/mol. The van der Waals surface area contributed by atoms with Gasteiger partial charge < -0.3 is 10.2 Å². The second kappa shape index (κ2) is 7.37. The van der Waals surface area contributed by atoms with Gasteiger partial charge in [0.1, 0.15) is 11.9 Å². The molecule has 0 aliphatic carbocycles. The zero-order chi connectivity index (χ0) is 18.6. The molecule has 3 heterocycles. The van der Waals surface area contributed by atoms with Gasteiger partial charge in [0.05, 0.1) is 6.04 Å². The number of nitrogens with zero attached hydrogens (tertiary/aromatic N) is 4. The number of carbonyl (C=O) groups is 1. The fraction of sp³-hybridized carbons (Fsp3) is 0.143. The van der Waals surface area contributed by atoms with Gasteiger partial charge in [-0.25, -0.2) is 0 Å². The van der Waals surface area contributed by atoms with Crippen LogP contribution in [-0.4, -0.2) is 26.0 Å². The number of benzene rings is 1. The van der Waals surface area contributed by atoms with Crippen LogP contribution in [0, 0.1) is 0 Å². The summed E-state index contributed by atoms with van der Waals surface area (Å²) in [7, 11) is 0. The number of amides is 1. The first-order valence-electron chi connectivity index (χ1n) is 8.76. The van der Waals surface area contributed by atoms with Crippen molar-refractivity contribution in [3.05, 3.63) is 90.7 Å². The summed E-state index contributed by atoms with van der Waals surface area (Å²) in [6.45, 7) is 2.10. The van der Waals surface area contributed by atoms with Crippen LogP contribution >= 0.6 is 0 Å². The molecular formula is C21H19N5O. The maximum absolute atomic E-state index is 11.9. The molecule has 1 N–H and O–H groups in total. The van der Waals surface area contributed by atoms with E-state index in [1.807, 2.05) is 36.7 Å². The van der Waals surface area contributed by atoms with E-state index in [1.54, 1.807) is 12.4 Å². The summed E-state index contributed by atoms with van der Waals surface area (Å²) < 4.78 is 0. The summed E-state index contributed by atoms with van der Waals surface area (Å²) >= 11 is 0. The predicted molar refractivity (Wildman–Crippen MR) is 102 cm³/mol. The van der Waals surface area contributed by atoms with E-state index in [4.69, 9.17) is 0 Å². The summed E-state index contributed by atoms with van der Waals surface area (Å²) in [5.41, 5.74) is 4.04. The van der Waals surface area contributed by atoms with Crippen molar-refractivity contribution >= 4 is 5.91 Å². The molecule has 0 bridgehead atoms. The van der Waals surface area contributed by atoms with E-state index in [2.05, 4.69) is 56.6 Å². The van der Waals surface area contributed by atoms with Crippen molar-refractivity contribution in [2.24, 2.45) is 0 Å². The Labute approximate surface area is 157 Å². The summed E-state index contributed by atoms with van der Waals surface area (Å²) in [5, 5.41) is 11.1. The molecule has 0 saturated carbocycles. The molecule has 134 valence electrons. The fourth-order valence-electron chi connectivity index (χ4n) is 3.20. The average Bonchev–Trinajstić information content (AvgIpc) is 2.74. The van der Waals surface area contributed by atoms with Gasteiger partial charge in [0.15, 0.2) is 0 Å². The molecule has 0 spiro atoms. The fourth-order valence-corrected chi connectivity index (χ4v) is 3.20. The molecular weight excluding hydrogens is 338 g/mol. The van der Waals surface area contributed by atoms with E-state index in [0.717, 1.165) is 16.7 Å². The Morgan fingerprint density at radius 3 is 2.56 bits per heavy atom. The van der Waals surface area contributed by atoms with Gasteiger partial charge in [-0.2, -0.15) is 10.2 Å². The highest BCUT2D eigenvalue weighted by molar-refractivity contribution is 5.88. The Balaban J connectivity index is 1.61. The van der Waals surface area contributed by atoms with Crippen molar-refractivity contribution in [3.63, 3.8) is 0 Å². The number of hydrogen-bond donors (Lipinski definition) is 1. The first-order valence-corrected chi connectivity index (χ1v) is 8.76. The van der Waals surface area contributed by atoms with Gasteiger partial charge in [-0.3, -0.25) is 9.78 Å². The molecule has 0 fully saturated rings. The van der Waals surface area contributed by atoms with Gasteiger partial charge in [0.25, 0.3) is 0 Å². The van der Waals surface area contributed by atoms with E-state index in [1.165, 1.54) is 6.08 Å². The van der Waals surface area contributed by atoms with Crippen molar-refractivity contribution < 1.29 is 4.79 Å². The number of carbonyl (C=O) groups excluding carboxylic acids is 1. The maximum Gasteiger partial charge on any atom is 0.247 e. The molecule has 27 heavy (non-hydrogen) atoms. The van der Waals surface area contributed by atoms with Gasteiger partial charge in [0, 0.05) is 30.9 Å². The Bertz CT molecular complexity index is 941. The quantitative estimate of drug-likeness (QED) is 0.776. The molecule has 3 aromatic rings. The highest BCUT2D eigenvalue weighted by Gasteiger charge is 2.28. The van der Waals surface area contributed by atoms with Crippen molar-refractivity contribution in [3.8, 4) is 11.1 Å². The van der Waals surface area contributed by atoms with Crippen LogP contribution in [0.4, 0.5) is 0 Å². The van der Waals surface area contributed by atoms with Crippen LogP contribution in [0.2, 0.25) is 0 Å². The summed E-state index contributed by atoms with van der Waals surface area (Å²) in [6, 6.07) is 16.1. The molecule has 2 atom stereocenters. The normalized spacial score (nSPS) is 17.4. The maximum atomic E-state index is 11.9. The topological polar surface area (TPSA) is 71.0 Å². The Morgan fingerprint density at radius 1 is 1.04 bits per heavy atom. The van der Waals surface area contributed by atoms with E-state index >= 15 is 0 Å². The van der Waals surface area contributed by atoms with Crippen molar-refractivity contribution in [2.45, 2.75) is 19.1 Å². The SMILES string of the molecule is C[C@@H](c1ccc(-c2cccnc2)cc1)N1C=CC(=O)NC1c1cccnn1. The number of hydrogen-bond acceptors (Lipinski definition) is 5. The van der Waals surface area contributed by atoms with E-state index in [0.29, 0.717) is 5.69 Å². The van der Waals surface area contributed by atoms with E-state index in [9.17, 15) is 4.79 Å². The molecule has 0 saturated heterocycles. The minimum Gasteiger partial charge on any atom is -0.346 e. The molecule has 6 heteroatoms. The van der Waals surface area contributed by atoms with Crippen molar-refractivity contribution in [1.29, 1.82) is 0 Å². The molecule has 1 aromatic carbocycles. The molecule has 6 nitrogen and oxygen atoms in total. The third-order valence-corrected chi connectivity index (χ3v) is 4.68. The molecule has 0 radical (unpaired) electrons. The highest BCUT2D eigenvalue weighted by Crippen LogP contribution is 2.31. The molecule has 4 rings (SSSR count). The number of aromatic nitrogens is 3. The van der Waals surface area contributed by atoms with Crippen LogP contribution < -0.4 is 5.32 Å². The van der Waals surface area contributed by atoms with Crippen molar-refractivity contribution in [1.82, 2.24) is 25.4 Å². The van der Waals surface area contributed by atoms with Gasteiger partial charge in [-0.1, -0.05) is 30.3 Å². The average molecular weight is 357 g/mol. The predicted octanol–water partition coefficient (Wildman–Crippen LogP) is 3.24. The largest absolute Gasteiger partial charge is 0.346 e. The Morgan fingerprint density at radius 2 is 1.85 bits per heavy atom. The lowest BCUT2D eigenvalue weighted by molar-refractivity contribution is -0.119. The van der Waals surface area contributed by atoms with E-state index < -0.39 is 0 Å². The summed E-state index contributed by atoms with van der Waals surface area (Å²) in [4.78, 5) is 18.1. The first kappa shape index (κ1) is 16.9. The van der Waals surface area contributed by atoms with Crippen LogP contribution in [0.5, 0.6) is 0 Å². The second-order valence-corrected chi connectivity index (χ2v) is 6.36. The van der Waals surface area contributed by atoms with Crippen LogP contribution in [0.15, 0.2) is 79.4 Å². The van der Waals surface area contributed by atoms with Gasteiger partial charge in [0.2, 0.25) is 5.91 Å². The Hall–Kier alpha value is -3.54. The molecule has 2 aromatic heterocycles.